The van der Waals surface area contributed by atoms with E-state index in [4.69, 9.17) is 0 Å². The molecule has 0 unspecified atom stereocenters. The van der Waals surface area contributed by atoms with Crippen LogP contribution in [0.15, 0.2) is 24.3 Å². The van der Waals surface area contributed by atoms with Gasteiger partial charge in [0, 0.05) is 1.43 Å². The highest BCUT2D eigenvalue weighted by Gasteiger charge is 1.92. The Hall–Kier alpha value is -0.890. The lowest BCUT2D eigenvalue weighted by molar-refractivity contribution is 0.625. The maximum Gasteiger partial charge on any atom is 0.123 e. The molecule has 0 saturated heterocycles. The van der Waals surface area contributed by atoms with E-state index in [1.165, 1.54) is 17.7 Å². The van der Waals surface area contributed by atoms with Crippen molar-refractivity contribution in [2.24, 2.45) is 0 Å². The SMILES string of the molecule is CCCNCCc1ccc(F)cc1.[HH]. The van der Waals surface area contributed by atoms with Crippen molar-refractivity contribution in [2.45, 2.75) is 19.8 Å². The van der Waals surface area contributed by atoms with E-state index < -0.39 is 0 Å². The topological polar surface area (TPSA) is 12.0 Å². The van der Waals surface area contributed by atoms with Crippen LogP contribution in [0, 0.1) is 5.82 Å². The van der Waals surface area contributed by atoms with Crippen molar-refractivity contribution in [3.05, 3.63) is 35.6 Å². The molecule has 0 amide bonds. The molecule has 2 heteroatoms. The van der Waals surface area contributed by atoms with Gasteiger partial charge in [-0.2, -0.15) is 0 Å². The first-order chi connectivity index (χ1) is 6.33. The van der Waals surface area contributed by atoms with Gasteiger partial charge in [-0.3, -0.25) is 0 Å². The van der Waals surface area contributed by atoms with Gasteiger partial charge in [-0.15, -0.1) is 0 Å². The highest BCUT2D eigenvalue weighted by molar-refractivity contribution is 5.16. The summed E-state index contributed by atoms with van der Waals surface area (Å²) in [4.78, 5) is 0. The van der Waals surface area contributed by atoms with Crippen LogP contribution in [0.2, 0.25) is 0 Å². The summed E-state index contributed by atoms with van der Waals surface area (Å²) < 4.78 is 12.5. The summed E-state index contributed by atoms with van der Waals surface area (Å²) >= 11 is 0. The summed E-state index contributed by atoms with van der Waals surface area (Å²) in [5.74, 6) is -0.162. The van der Waals surface area contributed by atoms with Gasteiger partial charge in [-0.05, 0) is 43.6 Å². The molecule has 0 saturated carbocycles. The highest BCUT2D eigenvalue weighted by atomic mass is 19.1. The van der Waals surface area contributed by atoms with E-state index >= 15 is 0 Å². The fourth-order valence-electron chi connectivity index (χ4n) is 1.19. The van der Waals surface area contributed by atoms with E-state index in [0.717, 1.165) is 25.9 Å². The number of hydrogen-bond donors (Lipinski definition) is 1. The first-order valence-corrected chi connectivity index (χ1v) is 4.78. The quantitative estimate of drug-likeness (QED) is 0.692. The maximum atomic E-state index is 12.5. The molecule has 0 bridgehead atoms. The van der Waals surface area contributed by atoms with Crippen LogP contribution in [0.1, 0.15) is 20.3 Å². The van der Waals surface area contributed by atoms with Crippen LogP contribution in [0.5, 0.6) is 0 Å². The van der Waals surface area contributed by atoms with Gasteiger partial charge in [-0.1, -0.05) is 19.1 Å². The number of hydrogen-bond acceptors (Lipinski definition) is 1. The lowest BCUT2D eigenvalue weighted by Crippen LogP contribution is -2.17. The monoisotopic (exact) mass is 183 g/mol. The average molecular weight is 183 g/mol. The molecule has 0 aliphatic carbocycles. The Morgan fingerprint density at radius 2 is 1.92 bits per heavy atom. The smallest absolute Gasteiger partial charge is 0.123 e. The van der Waals surface area contributed by atoms with Crippen LogP contribution in [-0.4, -0.2) is 13.1 Å². The second-order valence-electron chi connectivity index (χ2n) is 3.13. The molecule has 0 spiro atoms. The van der Waals surface area contributed by atoms with Gasteiger partial charge in [0.1, 0.15) is 5.82 Å². The summed E-state index contributed by atoms with van der Waals surface area (Å²) in [5, 5.41) is 3.30. The molecule has 0 aliphatic rings. The van der Waals surface area contributed by atoms with Crippen molar-refractivity contribution in [3.63, 3.8) is 0 Å². The second-order valence-corrected chi connectivity index (χ2v) is 3.13. The molecule has 1 N–H and O–H groups in total. The molecule has 0 heterocycles. The van der Waals surface area contributed by atoms with Crippen molar-refractivity contribution in [3.8, 4) is 0 Å². The van der Waals surface area contributed by atoms with E-state index in [-0.39, 0.29) is 7.24 Å². The molecule has 0 atom stereocenters. The number of benzene rings is 1. The zero-order valence-corrected chi connectivity index (χ0v) is 8.02. The largest absolute Gasteiger partial charge is 0.316 e. The Morgan fingerprint density at radius 1 is 1.23 bits per heavy atom. The van der Waals surface area contributed by atoms with E-state index in [0.29, 0.717) is 0 Å². The van der Waals surface area contributed by atoms with Gasteiger partial charge >= 0.3 is 0 Å². The third kappa shape index (κ3) is 4.04. The summed E-state index contributed by atoms with van der Waals surface area (Å²) in [7, 11) is 0. The Balaban J connectivity index is 0.00000169. The molecule has 1 aromatic rings. The molecular weight excluding hydrogens is 165 g/mol. The lowest BCUT2D eigenvalue weighted by Gasteiger charge is -2.02. The Morgan fingerprint density at radius 3 is 2.54 bits per heavy atom. The van der Waals surface area contributed by atoms with Crippen LogP contribution in [-0.2, 0) is 6.42 Å². The summed E-state index contributed by atoms with van der Waals surface area (Å²) in [5.41, 5.74) is 1.19. The van der Waals surface area contributed by atoms with Crippen LogP contribution < -0.4 is 5.32 Å². The lowest BCUT2D eigenvalue weighted by atomic mass is 10.1. The predicted molar refractivity (Wildman–Crippen MR) is 55.4 cm³/mol. The van der Waals surface area contributed by atoms with Crippen molar-refractivity contribution in [2.75, 3.05) is 13.1 Å². The number of rotatable bonds is 5. The van der Waals surface area contributed by atoms with Gasteiger partial charge in [-0.25, -0.2) is 4.39 Å². The normalized spacial score (nSPS) is 10.3. The van der Waals surface area contributed by atoms with Gasteiger partial charge in [0.15, 0.2) is 0 Å². The van der Waals surface area contributed by atoms with Gasteiger partial charge < -0.3 is 5.32 Å². The fraction of sp³-hybridized carbons (Fsp3) is 0.455. The van der Waals surface area contributed by atoms with Gasteiger partial charge in [0.25, 0.3) is 0 Å². The van der Waals surface area contributed by atoms with Crippen molar-refractivity contribution in [1.82, 2.24) is 5.32 Å². The molecule has 0 radical (unpaired) electrons. The van der Waals surface area contributed by atoms with Crippen molar-refractivity contribution < 1.29 is 5.82 Å². The predicted octanol–water partition coefficient (Wildman–Crippen LogP) is 2.61. The number of halogens is 1. The van der Waals surface area contributed by atoms with Crippen LogP contribution in [0.25, 0.3) is 0 Å². The first kappa shape index (κ1) is 10.2. The Bertz CT molecular complexity index is 236. The standard InChI is InChI=1S/C11H16FN.H2/c1-2-8-13-9-7-10-3-5-11(12)6-4-10;/h3-6,13H,2,7-9H2,1H3;1H. The van der Waals surface area contributed by atoms with Crippen molar-refractivity contribution >= 4 is 0 Å². The molecule has 1 rings (SSSR count). The molecule has 74 valence electrons. The minimum Gasteiger partial charge on any atom is -0.316 e. The zero-order chi connectivity index (χ0) is 9.52. The number of nitrogens with one attached hydrogen (secondary N) is 1. The second kappa shape index (κ2) is 5.70. The van der Waals surface area contributed by atoms with Crippen LogP contribution >= 0.6 is 0 Å². The highest BCUT2D eigenvalue weighted by Crippen LogP contribution is 2.02. The fourth-order valence-corrected chi connectivity index (χ4v) is 1.19. The van der Waals surface area contributed by atoms with Gasteiger partial charge in [0.05, 0.1) is 0 Å². The van der Waals surface area contributed by atoms with Crippen molar-refractivity contribution in [1.29, 1.82) is 0 Å². The van der Waals surface area contributed by atoms with Crippen LogP contribution in [0.4, 0.5) is 4.39 Å². The summed E-state index contributed by atoms with van der Waals surface area (Å²) in [6, 6.07) is 6.69. The summed E-state index contributed by atoms with van der Waals surface area (Å²) in [6.45, 7) is 4.17. The molecule has 0 aromatic heterocycles. The zero-order valence-electron chi connectivity index (χ0n) is 8.02. The summed E-state index contributed by atoms with van der Waals surface area (Å²) in [6.07, 6.45) is 2.13. The molecule has 0 aliphatic heterocycles. The molecule has 0 fully saturated rings. The molecular formula is C11H18FN. The first-order valence-electron chi connectivity index (χ1n) is 4.78. The Labute approximate surface area is 80.5 Å². The van der Waals surface area contributed by atoms with Crippen LogP contribution in [0.3, 0.4) is 0 Å². The average Bonchev–Trinajstić information content (AvgIpc) is 2.15. The molecule has 1 nitrogen and oxygen atoms in total. The third-order valence-electron chi connectivity index (χ3n) is 1.93. The Kier molecular flexibility index (Phi) is 4.47. The van der Waals surface area contributed by atoms with E-state index in [1.807, 2.05) is 12.1 Å². The minimum atomic E-state index is -0.162. The molecule has 13 heavy (non-hydrogen) atoms. The third-order valence-corrected chi connectivity index (χ3v) is 1.93. The maximum absolute atomic E-state index is 12.5. The van der Waals surface area contributed by atoms with Gasteiger partial charge in [0.2, 0.25) is 0 Å². The van der Waals surface area contributed by atoms with E-state index in [2.05, 4.69) is 12.2 Å². The van der Waals surface area contributed by atoms with E-state index in [9.17, 15) is 4.39 Å². The minimum absolute atomic E-state index is 0. The molecule has 1 aromatic carbocycles. The van der Waals surface area contributed by atoms with E-state index in [1.54, 1.807) is 0 Å².